The van der Waals surface area contributed by atoms with Gasteiger partial charge in [0.25, 0.3) is 5.91 Å². The maximum atomic E-state index is 15.0. The molecular formula is C23H26FN5OS. The first-order chi connectivity index (χ1) is 15.0. The van der Waals surface area contributed by atoms with Crippen LogP contribution >= 0.6 is 11.3 Å². The van der Waals surface area contributed by atoms with Crippen LogP contribution in [0, 0.1) is 12.7 Å². The summed E-state index contributed by atoms with van der Waals surface area (Å²) in [7, 11) is 0. The number of carbonyl (C=O) groups excluding carboxylic acids is 1. The summed E-state index contributed by atoms with van der Waals surface area (Å²) in [6, 6.07) is 7.45. The highest BCUT2D eigenvalue weighted by Gasteiger charge is 2.26. The van der Waals surface area contributed by atoms with Gasteiger partial charge in [0.05, 0.1) is 5.69 Å². The van der Waals surface area contributed by atoms with Crippen LogP contribution in [-0.2, 0) is 12.8 Å². The molecule has 0 saturated carbocycles. The van der Waals surface area contributed by atoms with Crippen LogP contribution in [0.1, 0.15) is 32.9 Å². The average Bonchev–Trinajstić information content (AvgIpc) is 3.10. The first kappa shape index (κ1) is 20.2. The van der Waals surface area contributed by atoms with Crippen molar-refractivity contribution in [2.45, 2.75) is 32.2 Å². The van der Waals surface area contributed by atoms with Gasteiger partial charge in [0.15, 0.2) is 0 Å². The minimum absolute atomic E-state index is 0.112. The van der Waals surface area contributed by atoms with Crippen LogP contribution in [0.2, 0.25) is 0 Å². The Morgan fingerprint density at radius 3 is 2.94 bits per heavy atom. The van der Waals surface area contributed by atoms with Crippen LogP contribution in [0.4, 0.5) is 15.8 Å². The van der Waals surface area contributed by atoms with E-state index in [0.29, 0.717) is 17.0 Å². The molecule has 0 radical (unpaired) electrons. The number of nitrogen functional groups attached to an aromatic ring is 1. The fraction of sp³-hybridized carbons (Fsp3) is 0.391. The molecular weight excluding hydrogens is 413 g/mol. The third-order valence-corrected chi connectivity index (χ3v) is 7.36. The minimum Gasteiger partial charge on any atom is -0.397 e. The molecule has 1 saturated heterocycles. The molecule has 3 heterocycles. The number of benzene rings is 1. The molecule has 0 bridgehead atoms. The van der Waals surface area contributed by atoms with Crippen LogP contribution < -0.4 is 21.3 Å². The summed E-state index contributed by atoms with van der Waals surface area (Å²) in [5, 5.41) is 7.21. The Kier molecular flexibility index (Phi) is 5.27. The van der Waals surface area contributed by atoms with Crippen molar-refractivity contribution in [2.75, 3.05) is 36.8 Å². The number of rotatable bonds is 3. The van der Waals surface area contributed by atoms with E-state index < -0.39 is 0 Å². The molecule has 1 aliphatic carbocycles. The fourth-order valence-corrected chi connectivity index (χ4v) is 5.59. The first-order valence-corrected chi connectivity index (χ1v) is 11.5. The maximum Gasteiger partial charge on any atom is 0.263 e. The number of halogens is 1. The molecule has 6 nitrogen and oxygen atoms in total. The Balaban J connectivity index is 1.33. The lowest BCUT2D eigenvalue weighted by Gasteiger charge is -2.32. The number of carbonyl (C=O) groups is 1. The summed E-state index contributed by atoms with van der Waals surface area (Å²) >= 11 is 1.31. The maximum absolute atomic E-state index is 15.0. The Morgan fingerprint density at radius 2 is 2.13 bits per heavy atom. The normalized spacial score (nSPS) is 18.8. The second-order valence-electron chi connectivity index (χ2n) is 8.37. The van der Waals surface area contributed by atoms with E-state index >= 15 is 0 Å². The van der Waals surface area contributed by atoms with Crippen LogP contribution in [0.3, 0.4) is 0 Å². The summed E-state index contributed by atoms with van der Waals surface area (Å²) < 4.78 is 15.0. The second kappa shape index (κ2) is 8.09. The van der Waals surface area contributed by atoms with Gasteiger partial charge in [-0.05, 0) is 61.6 Å². The molecule has 2 aromatic heterocycles. The number of amides is 1. The average molecular weight is 440 g/mol. The van der Waals surface area contributed by atoms with E-state index in [1.165, 1.54) is 11.3 Å². The summed E-state index contributed by atoms with van der Waals surface area (Å²) in [5.74, 6) is -0.379. The number of nitrogens with zero attached hydrogens (tertiary/aromatic N) is 2. The number of thiophene rings is 1. The van der Waals surface area contributed by atoms with Crippen molar-refractivity contribution in [3.63, 3.8) is 0 Å². The van der Waals surface area contributed by atoms with Crippen molar-refractivity contribution in [2.24, 2.45) is 0 Å². The number of nitrogens with one attached hydrogen (secondary N) is 2. The molecule has 162 valence electrons. The Morgan fingerprint density at radius 1 is 1.32 bits per heavy atom. The SMILES string of the molecule is Cc1ccc2c(N)c(C(=O)N[C@H]3CCc4cc(N5CCNCC5)cc(F)c4C3)sc2n1. The van der Waals surface area contributed by atoms with Gasteiger partial charge in [-0.3, -0.25) is 4.79 Å². The van der Waals surface area contributed by atoms with Gasteiger partial charge in [-0.2, -0.15) is 0 Å². The summed E-state index contributed by atoms with van der Waals surface area (Å²) in [4.78, 5) is 20.9. The van der Waals surface area contributed by atoms with Gasteiger partial charge in [0.2, 0.25) is 0 Å². The van der Waals surface area contributed by atoms with Gasteiger partial charge in [-0.25, -0.2) is 9.37 Å². The molecule has 1 atom stereocenters. The van der Waals surface area contributed by atoms with Crippen molar-refractivity contribution in [3.8, 4) is 0 Å². The predicted molar refractivity (Wildman–Crippen MR) is 124 cm³/mol. The van der Waals surface area contributed by atoms with E-state index in [4.69, 9.17) is 5.73 Å². The monoisotopic (exact) mass is 439 g/mol. The van der Waals surface area contributed by atoms with Crippen molar-refractivity contribution >= 4 is 38.8 Å². The molecule has 1 aromatic carbocycles. The zero-order valence-corrected chi connectivity index (χ0v) is 18.3. The lowest BCUT2D eigenvalue weighted by atomic mass is 9.87. The molecule has 4 N–H and O–H groups in total. The molecule has 0 unspecified atom stereocenters. The Hall–Kier alpha value is -2.71. The van der Waals surface area contributed by atoms with Crippen molar-refractivity contribution in [1.82, 2.24) is 15.6 Å². The largest absolute Gasteiger partial charge is 0.397 e. The summed E-state index contributed by atoms with van der Waals surface area (Å²) in [5.41, 5.74) is 10.3. The van der Waals surface area contributed by atoms with Gasteiger partial charge in [-0.15, -0.1) is 11.3 Å². The number of aryl methyl sites for hydroxylation is 2. The molecule has 0 spiro atoms. The number of fused-ring (bicyclic) bond motifs is 2. The second-order valence-corrected chi connectivity index (χ2v) is 9.36. The van der Waals surface area contributed by atoms with Crippen molar-refractivity contribution in [3.05, 3.63) is 51.8 Å². The van der Waals surface area contributed by atoms with E-state index in [2.05, 4.69) is 26.6 Å². The Bertz CT molecular complexity index is 1150. The molecule has 3 aromatic rings. The number of hydrogen-bond donors (Lipinski definition) is 3. The lowest BCUT2D eigenvalue weighted by molar-refractivity contribution is 0.0938. The van der Waals surface area contributed by atoms with E-state index in [-0.39, 0.29) is 17.8 Å². The topological polar surface area (TPSA) is 83.3 Å². The molecule has 1 amide bonds. The van der Waals surface area contributed by atoms with Crippen LogP contribution in [-0.4, -0.2) is 43.1 Å². The fourth-order valence-electron chi connectivity index (χ4n) is 4.55. The lowest BCUT2D eigenvalue weighted by Crippen LogP contribution is -2.43. The number of aromatic nitrogens is 1. The third kappa shape index (κ3) is 3.85. The van der Waals surface area contributed by atoms with E-state index in [9.17, 15) is 9.18 Å². The number of nitrogens with two attached hydrogens (primary N) is 1. The Labute approximate surface area is 184 Å². The van der Waals surface area contributed by atoms with Gasteiger partial charge >= 0.3 is 0 Å². The van der Waals surface area contributed by atoms with Gasteiger partial charge in [0.1, 0.15) is 15.5 Å². The predicted octanol–water partition coefficient (Wildman–Crippen LogP) is 3.02. The molecule has 2 aliphatic rings. The molecule has 1 fully saturated rings. The highest BCUT2D eigenvalue weighted by molar-refractivity contribution is 7.21. The number of hydrogen-bond acceptors (Lipinski definition) is 6. The van der Waals surface area contributed by atoms with Crippen LogP contribution in [0.5, 0.6) is 0 Å². The van der Waals surface area contributed by atoms with Crippen molar-refractivity contribution < 1.29 is 9.18 Å². The highest BCUT2D eigenvalue weighted by atomic mass is 32.1. The smallest absolute Gasteiger partial charge is 0.263 e. The molecule has 5 rings (SSSR count). The van der Waals surface area contributed by atoms with Crippen LogP contribution in [0.15, 0.2) is 24.3 Å². The van der Waals surface area contributed by atoms with Crippen molar-refractivity contribution in [1.29, 1.82) is 0 Å². The van der Waals surface area contributed by atoms with Gasteiger partial charge in [0, 0.05) is 49.0 Å². The van der Waals surface area contributed by atoms with E-state index in [1.807, 2.05) is 19.1 Å². The first-order valence-electron chi connectivity index (χ1n) is 10.7. The number of pyridine rings is 1. The summed E-state index contributed by atoms with van der Waals surface area (Å²) in [6.07, 6.45) is 2.03. The minimum atomic E-state index is -0.204. The van der Waals surface area contributed by atoms with Crippen LogP contribution in [0.25, 0.3) is 10.2 Å². The number of anilines is 2. The third-order valence-electron chi connectivity index (χ3n) is 6.24. The van der Waals surface area contributed by atoms with E-state index in [1.54, 1.807) is 6.07 Å². The highest BCUT2D eigenvalue weighted by Crippen LogP contribution is 2.33. The molecule has 1 aliphatic heterocycles. The zero-order valence-electron chi connectivity index (χ0n) is 17.5. The number of piperazine rings is 1. The molecule has 8 heteroatoms. The van der Waals surface area contributed by atoms with E-state index in [0.717, 1.165) is 71.7 Å². The quantitative estimate of drug-likeness (QED) is 0.584. The standard InChI is InChI=1S/C23H26FN5OS/c1-13-2-5-17-20(25)21(31-23(17)27-13)22(30)28-15-4-3-14-10-16(12-19(24)18(14)11-15)29-8-6-26-7-9-29/h2,5,10,12,15,26H,3-4,6-9,11,25H2,1H3,(H,28,30)/t15-/m0/s1. The zero-order chi connectivity index (χ0) is 21.5. The van der Waals surface area contributed by atoms with Gasteiger partial charge in [-0.1, -0.05) is 0 Å². The van der Waals surface area contributed by atoms with Gasteiger partial charge < -0.3 is 21.3 Å². The summed E-state index contributed by atoms with van der Waals surface area (Å²) in [6.45, 7) is 5.53. The molecule has 31 heavy (non-hydrogen) atoms.